The Kier molecular flexibility index (Phi) is 5.44. The minimum absolute atomic E-state index is 0.316. The summed E-state index contributed by atoms with van der Waals surface area (Å²) >= 11 is 4.61. The summed E-state index contributed by atoms with van der Waals surface area (Å²) in [5.74, 6) is 0. The van der Waals surface area contributed by atoms with Crippen LogP contribution in [0.5, 0.6) is 0 Å². The molecule has 0 radical (unpaired) electrons. The molecule has 0 saturated heterocycles. The van der Waals surface area contributed by atoms with Crippen molar-refractivity contribution >= 4 is 49.6 Å². The van der Waals surface area contributed by atoms with E-state index in [1.807, 2.05) is 6.07 Å². The van der Waals surface area contributed by atoms with Gasteiger partial charge in [-0.05, 0) is 42.0 Å². The molecule has 152 valence electrons. The molecule has 0 atom stereocenters. The second-order valence-corrected chi connectivity index (χ2v) is 7.93. The number of aromatic nitrogens is 1. The van der Waals surface area contributed by atoms with Gasteiger partial charge in [-0.15, -0.1) is 11.3 Å². The third-order valence-corrected chi connectivity index (χ3v) is 5.33. The van der Waals surface area contributed by atoms with Gasteiger partial charge in [0.1, 0.15) is 5.58 Å². The largest absolute Gasteiger partial charge is 0.422 e. The molecule has 5 nitrogen and oxygen atoms in total. The summed E-state index contributed by atoms with van der Waals surface area (Å²) in [6.07, 6.45) is -3.00. The van der Waals surface area contributed by atoms with E-state index in [0.717, 1.165) is 22.0 Å². The monoisotopic (exact) mass is 493 g/mol. The first kappa shape index (κ1) is 20.3. The fraction of sp³-hybridized carbons (Fsp3) is 0.0500. The van der Waals surface area contributed by atoms with Crippen molar-refractivity contribution in [2.24, 2.45) is 5.10 Å². The summed E-state index contributed by atoms with van der Waals surface area (Å²) < 4.78 is 44.0. The summed E-state index contributed by atoms with van der Waals surface area (Å²) in [7, 11) is 0. The number of fused-ring (bicyclic) bond motifs is 1. The minimum atomic E-state index is -4.38. The van der Waals surface area contributed by atoms with Crippen molar-refractivity contribution in [1.29, 1.82) is 0 Å². The summed E-state index contributed by atoms with van der Waals surface area (Å²) in [6, 6.07) is 11.6. The number of benzene rings is 2. The second-order valence-electron chi connectivity index (χ2n) is 6.16. The zero-order valence-electron chi connectivity index (χ0n) is 14.9. The lowest BCUT2D eigenvalue weighted by Crippen LogP contribution is -2.04. The lowest BCUT2D eigenvalue weighted by Gasteiger charge is -2.05. The van der Waals surface area contributed by atoms with E-state index in [9.17, 15) is 18.0 Å². The molecule has 0 unspecified atom stereocenters. The Morgan fingerprint density at radius 1 is 1.13 bits per heavy atom. The maximum absolute atomic E-state index is 12.6. The van der Waals surface area contributed by atoms with Crippen molar-refractivity contribution in [1.82, 2.24) is 4.98 Å². The molecule has 0 bridgehead atoms. The van der Waals surface area contributed by atoms with Crippen LogP contribution in [0.2, 0.25) is 0 Å². The molecule has 0 aliphatic rings. The van der Waals surface area contributed by atoms with Gasteiger partial charge in [0.25, 0.3) is 0 Å². The van der Waals surface area contributed by atoms with E-state index in [1.54, 1.807) is 23.6 Å². The molecule has 0 aliphatic carbocycles. The second kappa shape index (κ2) is 8.04. The van der Waals surface area contributed by atoms with Crippen molar-refractivity contribution in [3.63, 3.8) is 0 Å². The molecule has 2 aromatic carbocycles. The van der Waals surface area contributed by atoms with Crippen LogP contribution in [-0.2, 0) is 6.18 Å². The van der Waals surface area contributed by atoms with Crippen LogP contribution in [0.4, 0.5) is 18.3 Å². The standard InChI is InChI=1S/C20H11BrF3N3O2S/c21-14-5-6-17-12(7-14)8-15(18(28)29-17)16-10-30-19(26-16)27-25-9-11-1-3-13(4-2-11)20(22,23)24/h1-10H,(H,26,27)/b25-9+. The molecule has 0 aliphatic heterocycles. The van der Waals surface area contributed by atoms with E-state index in [1.165, 1.54) is 29.7 Å². The van der Waals surface area contributed by atoms with E-state index in [0.29, 0.717) is 27.5 Å². The maximum Gasteiger partial charge on any atom is 0.416 e. The van der Waals surface area contributed by atoms with Crippen molar-refractivity contribution in [3.05, 3.63) is 79.9 Å². The number of thiazole rings is 1. The number of anilines is 1. The van der Waals surface area contributed by atoms with E-state index in [4.69, 9.17) is 4.42 Å². The highest BCUT2D eigenvalue weighted by atomic mass is 79.9. The predicted molar refractivity (Wildman–Crippen MR) is 114 cm³/mol. The number of hydrogen-bond donors (Lipinski definition) is 1. The van der Waals surface area contributed by atoms with Crippen LogP contribution >= 0.6 is 27.3 Å². The molecule has 0 fully saturated rings. The molecule has 10 heteroatoms. The van der Waals surface area contributed by atoms with E-state index < -0.39 is 17.4 Å². The van der Waals surface area contributed by atoms with Gasteiger partial charge in [0, 0.05) is 15.2 Å². The zero-order chi connectivity index (χ0) is 21.3. The van der Waals surface area contributed by atoms with Gasteiger partial charge < -0.3 is 4.42 Å². The Morgan fingerprint density at radius 3 is 2.63 bits per heavy atom. The first-order chi connectivity index (χ1) is 14.3. The lowest BCUT2D eigenvalue weighted by molar-refractivity contribution is -0.137. The van der Waals surface area contributed by atoms with Crippen LogP contribution in [0.3, 0.4) is 0 Å². The molecule has 30 heavy (non-hydrogen) atoms. The third-order valence-electron chi connectivity index (χ3n) is 4.09. The number of hydrogen-bond acceptors (Lipinski definition) is 6. The highest BCUT2D eigenvalue weighted by Gasteiger charge is 2.29. The fourth-order valence-electron chi connectivity index (χ4n) is 2.64. The van der Waals surface area contributed by atoms with Crippen LogP contribution < -0.4 is 11.1 Å². The quantitative estimate of drug-likeness (QED) is 0.210. The average molecular weight is 494 g/mol. The van der Waals surface area contributed by atoms with Crippen molar-refractivity contribution in [2.75, 3.05) is 5.43 Å². The normalized spacial score (nSPS) is 12.0. The number of alkyl halides is 3. The lowest BCUT2D eigenvalue weighted by atomic mass is 10.1. The first-order valence-electron chi connectivity index (χ1n) is 8.45. The van der Waals surface area contributed by atoms with Gasteiger partial charge in [-0.3, -0.25) is 5.43 Å². The predicted octanol–water partition coefficient (Wildman–Crippen LogP) is 6.14. The third kappa shape index (κ3) is 4.44. The van der Waals surface area contributed by atoms with Gasteiger partial charge in [0.05, 0.1) is 23.0 Å². The van der Waals surface area contributed by atoms with Crippen LogP contribution in [0.25, 0.3) is 22.2 Å². The van der Waals surface area contributed by atoms with Crippen LogP contribution in [0, 0.1) is 0 Å². The number of halogens is 4. The van der Waals surface area contributed by atoms with Crippen LogP contribution in [0.15, 0.2) is 72.7 Å². The summed E-state index contributed by atoms with van der Waals surface area (Å²) in [5.41, 5.74) is 3.20. The molecule has 4 rings (SSSR count). The van der Waals surface area contributed by atoms with Gasteiger partial charge in [-0.2, -0.15) is 18.3 Å². The van der Waals surface area contributed by atoms with E-state index in [2.05, 4.69) is 31.4 Å². The molecule has 0 amide bonds. The number of nitrogens with zero attached hydrogens (tertiary/aromatic N) is 2. The summed E-state index contributed by atoms with van der Waals surface area (Å²) in [5, 5.41) is 6.84. The van der Waals surface area contributed by atoms with Crippen molar-refractivity contribution in [2.45, 2.75) is 6.18 Å². The van der Waals surface area contributed by atoms with Crippen LogP contribution in [0.1, 0.15) is 11.1 Å². The number of nitrogens with one attached hydrogen (secondary N) is 1. The maximum atomic E-state index is 12.6. The zero-order valence-corrected chi connectivity index (χ0v) is 17.3. The molecular weight excluding hydrogens is 483 g/mol. The Bertz CT molecular complexity index is 1300. The topological polar surface area (TPSA) is 67.5 Å². The average Bonchev–Trinajstić information content (AvgIpc) is 3.16. The Balaban J connectivity index is 1.51. The molecule has 0 spiro atoms. The van der Waals surface area contributed by atoms with Gasteiger partial charge in [0.2, 0.25) is 5.13 Å². The Hall–Kier alpha value is -2.98. The highest BCUT2D eigenvalue weighted by Crippen LogP contribution is 2.29. The molecule has 4 aromatic rings. The van der Waals surface area contributed by atoms with Gasteiger partial charge in [-0.1, -0.05) is 28.1 Å². The van der Waals surface area contributed by atoms with Crippen molar-refractivity contribution < 1.29 is 17.6 Å². The first-order valence-corrected chi connectivity index (χ1v) is 10.1. The Labute approximate surface area is 180 Å². The fourth-order valence-corrected chi connectivity index (χ4v) is 3.68. The smallest absolute Gasteiger partial charge is 0.416 e. The number of hydrazone groups is 1. The molecule has 2 heterocycles. The molecule has 1 N–H and O–H groups in total. The SMILES string of the molecule is O=c1oc2ccc(Br)cc2cc1-c1csc(N/N=C/c2ccc(C(F)(F)F)cc2)n1. The van der Waals surface area contributed by atoms with Crippen molar-refractivity contribution in [3.8, 4) is 11.3 Å². The van der Waals surface area contributed by atoms with Gasteiger partial charge in [0.15, 0.2) is 0 Å². The van der Waals surface area contributed by atoms with Gasteiger partial charge >= 0.3 is 11.8 Å². The molecular formula is C20H11BrF3N3O2S. The van der Waals surface area contributed by atoms with Crippen LogP contribution in [-0.4, -0.2) is 11.2 Å². The van der Waals surface area contributed by atoms with E-state index >= 15 is 0 Å². The minimum Gasteiger partial charge on any atom is -0.422 e. The molecule has 0 saturated carbocycles. The number of rotatable bonds is 4. The highest BCUT2D eigenvalue weighted by molar-refractivity contribution is 9.10. The van der Waals surface area contributed by atoms with Gasteiger partial charge in [-0.25, -0.2) is 9.78 Å². The molecule has 2 aromatic heterocycles. The Morgan fingerprint density at radius 2 is 1.90 bits per heavy atom. The summed E-state index contributed by atoms with van der Waals surface area (Å²) in [6.45, 7) is 0. The summed E-state index contributed by atoms with van der Waals surface area (Å²) in [4.78, 5) is 16.6. The van der Waals surface area contributed by atoms with E-state index in [-0.39, 0.29) is 0 Å².